The largest absolute Gasteiger partial charge is 0.368 e. The Bertz CT molecular complexity index is 473. The number of hydrogen-bond acceptors (Lipinski definition) is 3. The summed E-state index contributed by atoms with van der Waals surface area (Å²) in [6.45, 7) is 3.52. The summed E-state index contributed by atoms with van der Waals surface area (Å²) in [6, 6.07) is 7.41. The van der Waals surface area contributed by atoms with Crippen molar-refractivity contribution < 1.29 is 9.53 Å². The van der Waals surface area contributed by atoms with Gasteiger partial charge < -0.3 is 15.4 Å². The molecule has 1 saturated heterocycles. The van der Waals surface area contributed by atoms with Crippen LogP contribution in [0.1, 0.15) is 31.4 Å². The van der Waals surface area contributed by atoms with Crippen molar-refractivity contribution in [1.29, 1.82) is 0 Å². The van der Waals surface area contributed by atoms with Crippen LogP contribution in [0.4, 0.5) is 0 Å². The van der Waals surface area contributed by atoms with Gasteiger partial charge in [-0.3, -0.25) is 4.79 Å². The van der Waals surface area contributed by atoms with Crippen molar-refractivity contribution in [2.45, 2.75) is 31.4 Å². The highest BCUT2D eigenvalue weighted by atomic mass is 35.5. The highest BCUT2D eigenvalue weighted by Crippen LogP contribution is 2.26. The lowest BCUT2D eigenvalue weighted by Gasteiger charge is -2.35. The number of methoxy groups -OCH3 is 1. The van der Waals surface area contributed by atoms with E-state index in [-0.39, 0.29) is 11.9 Å². The molecule has 1 amide bonds. The Morgan fingerprint density at radius 2 is 2.05 bits per heavy atom. The van der Waals surface area contributed by atoms with E-state index in [0.717, 1.165) is 18.7 Å². The number of nitrogens with one attached hydrogen (secondary N) is 2. The Morgan fingerprint density at radius 3 is 2.65 bits per heavy atom. The number of amides is 1. The summed E-state index contributed by atoms with van der Waals surface area (Å²) < 4.78 is 5.52. The first-order valence-electron chi connectivity index (χ1n) is 6.90. The van der Waals surface area contributed by atoms with Gasteiger partial charge in [-0.2, -0.15) is 0 Å². The van der Waals surface area contributed by atoms with Gasteiger partial charge in [0.25, 0.3) is 5.91 Å². The molecule has 0 radical (unpaired) electrons. The Morgan fingerprint density at radius 1 is 1.40 bits per heavy atom. The van der Waals surface area contributed by atoms with Crippen LogP contribution in [-0.4, -0.2) is 31.7 Å². The van der Waals surface area contributed by atoms with E-state index >= 15 is 0 Å². The molecule has 1 aliphatic rings. The van der Waals surface area contributed by atoms with Gasteiger partial charge in [-0.1, -0.05) is 29.8 Å². The molecule has 20 heavy (non-hydrogen) atoms. The number of piperidine rings is 1. The number of benzene rings is 1. The summed E-state index contributed by atoms with van der Waals surface area (Å²) in [6.07, 6.45) is 1.37. The highest BCUT2D eigenvalue weighted by Gasteiger charge is 2.40. The van der Waals surface area contributed by atoms with Gasteiger partial charge in [-0.15, -0.1) is 0 Å². The maximum Gasteiger partial charge on any atom is 0.252 e. The molecule has 110 valence electrons. The van der Waals surface area contributed by atoms with E-state index < -0.39 is 5.60 Å². The predicted octanol–water partition coefficient (Wildman–Crippen LogP) is 2.29. The SMILES string of the molecule is COC1(C(=O)NC(C)c2ccccc2Cl)CCNCC1. The molecule has 0 bridgehead atoms. The second-order valence-corrected chi connectivity index (χ2v) is 5.57. The minimum atomic E-state index is -0.721. The van der Waals surface area contributed by atoms with E-state index in [9.17, 15) is 4.79 Å². The first-order valence-corrected chi connectivity index (χ1v) is 7.28. The van der Waals surface area contributed by atoms with Gasteiger partial charge in [0.1, 0.15) is 5.60 Å². The monoisotopic (exact) mass is 296 g/mol. The molecule has 0 aromatic heterocycles. The molecule has 1 heterocycles. The van der Waals surface area contributed by atoms with E-state index in [1.807, 2.05) is 31.2 Å². The molecule has 4 nitrogen and oxygen atoms in total. The lowest BCUT2D eigenvalue weighted by Crippen LogP contribution is -2.54. The average Bonchev–Trinajstić information content (AvgIpc) is 2.48. The van der Waals surface area contributed by atoms with E-state index in [4.69, 9.17) is 16.3 Å². The smallest absolute Gasteiger partial charge is 0.252 e. The molecule has 1 aliphatic heterocycles. The summed E-state index contributed by atoms with van der Waals surface area (Å²) in [7, 11) is 1.60. The number of ether oxygens (including phenoxy) is 1. The number of hydrogen-bond donors (Lipinski definition) is 2. The zero-order valence-electron chi connectivity index (χ0n) is 11.9. The standard InChI is InChI=1S/C15H21ClN2O2/c1-11(12-5-3-4-6-13(12)16)18-14(19)15(20-2)7-9-17-10-8-15/h3-6,11,17H,7-10H2,1-2H3,(H,18,19). The Labute approximate surface area is 124 Å². The normalized spacial score (nSPS) is 19.4. The second kappa shape index (κ2) is 6.57. The molecule has 1 fully saturated rings. The number of carbonyl (C=O) groups is 1. The van der Waals surface area contributed by atoms with Crippen LogP contribution in [-0.2, 0) is 9.53 Å². The van der Waals surface area contributed by atoms with Crippen LogP contribution in [0.15, 0.2) is 24.3 Å². The lowest BCUT2D eigenvalue weighted by molar-refractivity contribution is -0.147. The quantitative estimate of drug-likeness (QED) is 0.896. The first kappa shape index (κ1) is 15.3. The fourth-order valence-electron chi connectivity index (χ4n) is 2.59. The van der Waals surface area contributed by atoms with E-state index in [2.05, 4.69) is 10.6 Å². The van der Waals surface area contributed by atoms with Crippen LogP contribution in [0, 0.1) is 0 Å². The topological polar surface area (TPSA) is 50.4 Å². The van der Waals surface area contributed by atoms with Crippen molar-refractivity contribution in [1.82, 2.24) is 10.6 Å². The van der Waals surface area contributed by atoms with E-state index in [1.165, 1.54) is 0 Å². The Balaban J connectivity index is 2.08. The maximum atomic E-state index is 12.5. The second-order valence-electron chi connectivity index (χ2n) is 5.17. The molecule has 0 aliphatic carbocycles. The number of halogens is 1. The molecule has 0 spiro atoms. The minimum absolute atomic E-state index is 0.0612. The zero-order chi connectivity index (χ0) is 14.6. The summed E-state index contributed by atoms with van der Waals surface area (Å²) in [5.74, 6) is -0.0612. The number of carbonyl (C=O) groups excluding carboxylic acids is 1. The van der Waals surface area contributed by atoms with Crippen LogP contribution in [0.2, 0.25) is 5.02 Å². The maximum absolute atomic E-state index is 12.5. The van der Waals surface area contributed by atoms with Crippen LogP contribution >= 0.6 is 11.6 Å². The molecule has 0 saturated carbocycles. The molecule has 1 atom stereocenters. The van der Waals surface area contributed by atoms with Gasteiger partial charge in [-0.05, 0) is 44.5 Å². The molecule has 1 aromatic rings. The highest BCUT2D eigenvalue weighted by molar-refractivity contribution is 6.31. The fourth-order valence-corrected chi connectivity index (χ4v) is 2.89. The molecule has 1 unspecified atom stereocenters. The van der Waals surface area contributed by atoms with Crippen molar-refractivity contribution in [2.24, 2.45) is 0 Å². The Hall–Kier alpha value is -1.10. The average molecular weight is 297 g/mol. The molecule has 5 heteroatoms. The van der Waals surface area contributed by atoms with E-state index in [1.54, 1.807) is 7.11 Å². The molecule has 2 N–H and O–H groups in total. The number of rotatable bonds is 4. The van der Waals surface area contributed by atoms with Crippen molar-refractivity contribution in [3.63, 3.8) is 0 Å². The van der Waals surface area contributed by atoms with Crippen molar-refractivity contribution >= 4 is 17.5 Å². The lowest BCUT2D eigenvalue weighted by atomic mass is 9.90. The van der Waals surface area contributed by atoms with Crippen LogP contribution < -0.4 is 10.6 Å². The van der Waals surface area contributed by atoms with Gasteiger partial charge in [0.2, 0.25) is 0 Å². The summed E-state index contributed by atoms with van der Waals surface area (Å²) in [4.78, 5) is 12.5. The summed E-state index contributed by atoms with van der Waals surface area (Å²) in [5.41, 5.74) is 0.198. The van der Waals surface area contributed by atoms with E-state index in [0.29, 0.717) is 17.9 Å². The van der Waals surface area contributed by atoms with Crippen molar-refractivity contribution in [3.05, 3.63) is 34.9 Å². The molecule has 2 rings (SSSR count). The molecular weight excluding hydrogens is 276 g/mol. The van der Waals surface area contributed by atoms with Crippen LogP contribution in [0.25, 0.3) is 0 Å². The van der Waals surface area contributed by atoms with Gasteiger partial charge in [0.15, 0.2) is 0 Å². The minimum Gasteiger partial charge on any atom is -0.368 e. The zero-order valence-corrected chi connectivity index (χ0v) is 12.7. The van der Waals surface area contributed by atoms with Crippen LogP contribution in [0.5, 0.6) is 0 Å². The molecular formula is C15H21ClN2O2. The third-order valence-corrected chi connectivity index (χ3v) is 4.28. The predicted molar refractivity (Wildman–Crippen MR) is 79.9 cm³/mol. The third kappa shape index (κ3) is 3.14. The van der Waals surface area contributed by atoms with Crippen LogP contribution in [0.3, 0.4) is 0 Å². The summed E-state index contributed by atoms with van der Waals surface area (Å²) >= 11 is 6.16. The van der Waals surface area contributed by atoms with Crippen molar-refractivity contribution in [2.75, 3.05) is 20.2 Å². The first-order chi connectivity index (χ1) is 9.59. The summed E-state index contributed by atoms with van der Waals surface area (Å²) in [5, 5.41) is 6.93. The molecule has 1 aromatic carbocycles. The van der Waals surface area contributed by atoms with Crippen molar-refractivity contribution in [3.8, 4) is 0 Å². The van der Waals surface area contributed by atoms with Gasteiger partial charge in [-0.25, -0.2) is 0 Å². The van der Waals surface area contributed by atoms with Gasteiger partial charge >= 0.3 is 0 Å². The van der Waals surface area contributed by atoms with Gasteiger partial charge in [0.05, 0.1) is 6.04 Å². The fraction of sp³-hybridized carbons (Fsp3) is 0.533. The van der Waals surface area contributed by atoms with Gasteiger partial charge in [0, 0.05) is 12.1 Å². The Kier molecular flexibility index (Phi) is 5.02. The third-order valence-electron chi connectivity index (χ3n) is 3.94.